The van der Waals surface area contributed by atoms with Gasteiger partial charge in [0.1, 0.15) is 0 Å². The summed E-state index contributed by atoms with van der Waals surface area (Å²) < 4.78 is 28.4. The van der Waals surface area contributed by atoms with Crippen molar-refractivity contribution in [1.29, 1.82) is 0 Å². The van der Waals surface area contributed by atoms with Gasteiger partial charge in [0.15, 0.2) is 0 Å². The molecule has 8 heteroatoms. The molecule has 1 heterocycles. The maximum atomic E-state index is 12.6. The highest BCUT2D eigenvalue weighted by Gasteiger charge is 2.24. The lowest BCUT2D eigenvalue weighted by Crippen LogP contribution is -2.45. The van der Waals surface area contributed by atoms with Crippen molar-refractivity contribution in [3.63, 3.8) is 0 Å². The van der Waals surface area contributed by atoms with Gasteiger partial charge in [-0.2, -0.15) is 0 Å². The summed E-state index contributed by atoms with van der Waals surface area (Å²) in [5.74, 6) is -0.206. The average Bonchev–Trinajstić information content (AvgIpc) is 2.42. The first kappa shape index (κ1) is 17.4. The van der Waals surface area contributed by atoms with E-state index in [1.54, 1.807) is 13.0 Å². The quantitative estimate of drug-likeness (QED) is 0.731. The van der Waals surface area contributed by atoms with Gasteiger partial charge in [0.25, 0.3) is 0 Å². The summed E-state index contributed by atoms with van der Waals surface area (Å²) >= 11 is 3.31. The van der Waals surface area contributed by atoms with Gasteiger partial charge in [-0.05, 0) is 59.9 Å². The summed E-state index contributed by atoms with van der Waals surface area (Å²) in [6.07, 6.45) is 1.79. The van der Waals surface area contributed by atoms with E-state index in [0.29, 0.717) is 22.3 Å². The lowest BCUT2D eigenvalue weighted by Gasteiger charge is -2.24. The Hall–Kier alpha value is -0.960. The number of halogens is 1. The van der Waals surface area contributed by atoms with E-state index in [2.05, 4.69) is 31.3 Å². The fourth-order valence-corrected chi connectivity index (χ4v) is 4.59. The highest BCUT2D eigenvalue weighted by atomic mass is 79.9. The first-order chi connectivity index (χ1) is 10.3. The first-order valence-corrected chi connectivity index (χ1v) is 9.38. The molecule has 1 aliphatic heterocycles. The Labute approximate surface area is 139 Å². The van der Waals surface area contributed by atoms with E-state index in [4.69, 9.17) is 0 Å². The van der Waals surface area contributed by atoms with Crippen molar-refractivity contribution in [1.82, 2.24) is 10.0 Å². The lowest BCUT2D eigenvalue weighted by molar-refractivity contribution is -0.114. The number of hydrogen-bond acceptors (Lipinski definition) is 4. The summed E-state index contributed by atoms with van der Waals surface area (Å²) in [6.45, 7) is 4.69. The molecule has 1 saturated heterocycles. The SMILES string of the molecule is CC(=O)Nc1cc(C)c(S(=O)(=O)NC2CCCNC2)cc1Br. The van der Waals surface area contributed by atoms with Gasteiger partial charge < -0.3 is 10.6 Å². The number of aryl methyl sites for hydroxylation is 1. The highest BCUT2D eigenvalue weighted by molar-refractivity contribution is 9.10. The van der Waals surface area contributed by atoms with Crippen LogP contribution >= 0.6 is 15.9 Å². The van der Waals surface area contributed by atoms with Crippen LogP contribution in [-0.2, 0) is 14.8 Å². The molecular formula is C14H20BrN3O3S. The number of carbonyl (C=O) groups is 1. The zero-order valence-corrected chi connectivity index (χ0v) is 15.0. The van der Waals surface area contributed by atoms with Crippen LogP contribution in [0.2, 0.25) is 0 Å². The fraction of sp³-hybridized carbons (Fsp3) is 0.500. The van der Waals surface area contributed by atoms with Gasteiger partial charge >= 0.3 is 0 Å². The standard InChI is InChI=1S/C14H20BrN3O3S/c1-9-6-13(17-10(2)19)12(15)7-14(9)22(20,21)18-11-4-3-5-16-8-11/h6-7,11,16,18H,3-5,8H2,1-2H3,(H,17,19). The third-order valence-corrected chi connectivity index (χ3v) is 5.80. The van der Waals surface area contributed by atoms with Gasteiger partial charge in [-0.3, -0.25) is 4.79 Å². The Kier molecular flexibility index (Phi) is 5.60. The molecular weight excluding hydrogens is 370 g/mol. The number of piperidine rings is 1. The van der Waals surface area contributed by atoms with Gasteiger partial charge in [-0.25, -0.2) is 13.1 Å². The molecule has 0 spiro atoms. The summed E-state index contributed by atoms with van der Waals surface area (Å²) in [6, 6.07) is 3.09. The molecule has 2 rings (SSSR count). The number of anilines is 1. The van der Waals surface area contributed by atoms with E-state index in [-0.39, 0.29) is 16.8 Å². The third kappa shape index (κ3) is 4.28. The predicted molar refractivity (Wildman–Crippen MR) is 89.4 cm³/mol. The Balaban J connectivity index is 2.26. The van der Waals surface area contributed by atoms with Gasteiger partial charge in [-0.1, -0.05) is 0 Å². The van der Waals surface area contributed by atoms with Gasteiger partial charge in [0, 0.05) is 24.0 Å². The zero-order valence-electron chi connectivity index (χ0n) is 12.6. The van der Waals surface area contributed by atoms with Crippen LogP contribution in [0.5, 0.6) is 0 Å². The summed E-state index contributed by atoms with van der Waals surface area (Å²) in [4.78, 5) is 11.4. The molecule has 1 fully saturated rings. The molecule has 1 atom stereocenters. The molecule has 1 unspecified atom stereocenters. The third-order valence-electron chi connectivity index (χ3n) is 3.48. The van der Waals surface area contributed by atoms with E-state index < -0.39 is 10.0 Å². The van der Waals surface area contributed by atoms with Crippen molar-refractivity contribution in [2.45, 2.75) is 37.6 Å². The Morgan fingerprint density at radius 3 is 2.73 bits per heavy atom. The van der Waals surface area contributed by atoms with E-state index in [0.717, 1.165) is 19.4 Å². The summed E-state index contributed by atoms with van der Waals surface area (Å²) in [5, 5.41) is 5.84. The lowest BCUT2D eigenvalue weighted by atomic mass is 10.1. The van der Waals surface area contributed by atoms with Crippen LogP contribution in [0.15, 0.2) is 21.5 Å². The van der Waals surface area contributed by atoms with Crippen LogP contribution in [0.3, 0.4) is 0 Å². The van der Waals surface area contributed by atoms with Crippen molar-refractivity contribution < 1.29 is 13.2 Å². The van der Waals surface area contributed by atoms with Crippen molar-refractivity contribution in [2.24, 2.45) is 0 Å². The van der Waals surface area contributed by atoms with Crippen LogP contribution in [0.25, 0.3) is 0 Å². The van der Waals surface area contributed by atoms with E-state index in [9.17, 15) is 13.2 Å². The molecule has 0 aliphatic carbocycles. The molecule has 1 amide bonds. The topological polar surface area (TPSA) is 87.3 Å². The van der Waals surface area contributed by atoms with Gasteiger partial charge in [-0.15, -0.1) is 0 Å². The molecule has 1 aromatic rings. The van der Waals surface area contributed by atoms with Crippen molar-refractivity contribution >= 4 is 37.5 Å². The van der Waals surface area contributed by atoms with Crippen LogP contribution < -0.4 is 15.4 Å². The minimum Gasteiger partial charge on any atom is -0.325 e. The largest absolute Gasteiger partial charge is 0.325 e. The number of nitrogens with one attached hydrogen (secondary N) is 3. The minimum atomic E-state index is -3.59. The Bertz CT molecular complexity index is 670. The number of benzene rings is 1. The molecule has 0 aromatic heterocycles. The maximum Gasteiger partial charge on any atom is 0.241 e. The molecule has 1 aliphatic rings. The number of carbonyl (C=O) groups excluding carboxylic acids is 1. The molecule has 0 bridgehead atoms. The molecule has 1 aromatic carbocycles. The predicted octanol–water partition coefficient (Wildman–Crippen LogP) is 1.75. The minimum absolute atomic E-state index is 0.0908. The molecule has 122 valence electrons. The first-order valence-electron chi connectivity index (χ1n) is 7.10. The molecule has 3 N–H and O–H groups in total. The fourth-order valence-electron chi connectivity index (χ4n) is 2.47. The van der Waals surface area contributed by atoms with Gasteiger partial charge in [0.05, 0.1) is 10.6 Å². The normalized spacial score (nSPS) is 19.0. The molecule has 0 radical (unpaired) electrons. The van der Waals surface area contributed by atoms with E-state index in [1.165, 1.54) is 13.0 Å². The van der Waals surface area contributed by atoms with Crippen LogP contribution in [0.1, 0.15) is 25.3 Å². The van der Waals surface area contributed by atoms with Crippen molar-refractivity contribution in [3.8, 4) is 0 Å². The Morgan fingerprint density at radius 2 is 2.14 bits per heavy atom. The van der Waals surface area contributed by atoms with Gasteiger partial charge in [0.2, 0.25) is 15.9 Å². The monoisotopic (exact) mass is 389 g/mol. The molecule has 22 heavy (non-hydrogen) atoms. The molecule has 0 saturated carbocycles. The second-order valence-corrected chi connectivity index (χ2v) is 7.98. The average molecular weight is 390 g/mol. The second-order valence-electron chi connectivity index (χ2n) is 5.44. The zero-order chi connectivity index (χ0) is 16.3. The summed E-state index contributed by atoms with van der Waals surface area (Å²) in [7, 11) is -3.59. The van der Waals surface area contributed by atoms with E-state index >= 15 is 0 Å². The highest BCUT2D eigenvalue weighted by Crippen LogP contribution is 2.29. The number of hydrogen-bond donors (Lipinski definition) is 3. The van der Waals surface area contributed by atoms with Crippen LogP contribution in [-0.4, -0.2) is 33.5 Å². The number of rotatable bonds is 4. The van der Waals surface area contributed by atoms with Crippen molar-refractivity contribution in [2.75, 3.05) is 18.4 Å². The second kappa shape index (κ2) is 7.08. The smallest absolute Gasteiger partial charge is 0.241 e. The Morgan fingerprint density at radius 1 is 1.41 bits per heavy atom. The summed E-state index contributed by atoms with van der Waals surface area (Å²) in [5.41, 5.74) is 1.14. The maximum absolute atomic E-state index is 12.6. The van der Waals surface area contributed by atoms with E-state index in [1.807, 2.05) is 0 Å². The number of sulfonamides is 1. The molecule has 6 nitrogen and oxygen atoms in total. The van der Waals surface area contributed by atoms with Crippen molar-refractivity contribution in [3.05, 3.63) is 22.2 Å². The van der Waals surface area contributed by atoms with Crippen LogP contribution in [0, 0.1) is 6.92 Å². The number of amides is 1. The van der Waals surface area contributed by atoms with Crippen LogP contribution in [0.4, 0.5) is 5.69 Å².